The number of nitrogen functional groups attached to an aromatic ring is 1. The second-order valence-corrected chi connectivity index (χ2v) is 5.21. The Labute approximate surface area is 120 Å². The van der Waals surface area contributed by atoms with E-state index in [9.17, 15) is 0 Å². The minimum atomic E-state index is 0.388. The van der Waals surface area contributed by atoms with E-state index in [-0.39, 0.29) is 0 Å². The first-order valence-corrected chi connectivity index (χ1v) is 6.64. The molecule has 1 aromatic carbocycles. The van der Waals surface area contributed by atoms with E-state index in [0.717, 1.165) is 21.5 Å². The van der Waals surface area contributed by atoms with Crippen LogP contribution in [0.1, 0.15) is 16.7 Å². The number of aromatic nitrogens is 2. The van der Waals surface area contributed by atoms with Gasteiger partial charge < -0.3 is 5.32 Å². The minimum absolute atomic E-state index is 0.388. The van der Waals surface area contributed by atoms with Gasteiger partial charge in [0, 0.05) is 21.9 Å². The van der Waals surface area contributed by atoms with Crippen molar-refractivity contribution in [3.8, 4) is 0 Å². The zero-order valence-electron chi connectivity index (χ0n) is 11.1. The molecular formula is C13H16BrN5. The van der Waals surface area contributed by atoms with E-state index in [0.29, 0.717) is 5.95 Å². The fraction of sp³-hybridized carbons (Fsp3) is 0.231. The number of nitrogens with two attached hydrogens (primary N) is 1. The van der Waals surface area contributed by atoms with Gasteiger partial charge in [0.25, 0.3) is 0 Å². The van der Waals surface area contributed by atoms with E-state index in [1.165, 1.54) is 11.1 Å². The van der Waals surface area contributed by atoms with Crippen molar-refractivity contribution in [3.05, 3.63) is 39.5 Å². The van der Waals surface area contributed by atoms with Crippen LogP contribution in [-0.4, -0.2) is 9.97 Å². The van der Waals surface area contributed by atoms with Crippen LogP contribution in [0, 0.1) is 20.8 Å². The summed E-state index contributed by atoms with van der Waals surface area (Å²) < 4.78 is 1.13. The summed E-state index contributed by atoms with van der Waals surface area (Å²) in [4.78, 5) is 8.35. The van der Waals surface area contributed by atoms with E-state index in [2.05, 4.69) is 62.6 Å². The van der Waals surface area contributed by atoms with Crippen molar-refractivity contribution in [2.75, 3.05) is 10.7 Å². The summed E-state index contributed by atoms with van der Waals surface area (Å²) >= 11 is 3.56. The van der Waals surface area contributed by atoms with Crippen LogP contribution in [0.2, 0.25) is 0 Å². The molecule has 2 aromatic rings. The summed E-state index contributed by atoms with van der Waals surface area (Å²) in [6.45, 7) is 6.06. The Morgan fingerprint density at radius 1 is 1.11 bits per heavy atom. The van der Waals surface area contributed by atoms with Gasteiger partial charge in [-0.3, -0.25) is 5.43 Å². The van der Waals surface area contributed by atoms with Crippen molar-refractivity contribution in [2.24, 2.45) is 5.84 Å². The number of hydrogen-bond donors (Lipinski definition) is 3. The second kappa shape index (κ2) is 5.54. The predicted molar refractivity (Wildman–Crippen MR) is 81.5 cm³/mol. The van der Waals surface area contributed by atoms with Crippen molar-refractivity contribution in [2.45, 2.75) is 20.8 Å². The molecule has 0 unspecified atom stereocenters. The molecular weight excluding hydrogens is 306 g/mol. The molecule has 5 nitrogen and oxygen atoms in total. The van der Waals surface area contributed by atoms with Crippen LogP contribution >= 0.6 is 15.9 Å². The van der Waals surface area contributed by atoms with Crippen LogP contribution in [0.15, 0.2) is 22.8 Å². The number of benzene rings is 1. The van der Waals surface area contributed by atoms with Crippen LogP contribution in [0.4, 0.5) is 17.5 Å². The number of nitrogens with zero attached hydrogens (tertiary/aromatic N) is 2. The Morgan fingerprint density at radius 2 is 1.74 bits per heavy atom. The molecule has 1 aromatic heterocycles. The molecule has 6 heteroatoms. The highest BCUT2D eigenvalue weighted by Crippen LogP contribution is 2.27. The van der Waals surface area contributed by atoms with Crippen LogP contribution in [0.5, 0.6) is 0 Å². The van der Waals surface area contributed by atoms with Crippen molar-refractivity contribution in [3.63, 3.8) is 0 Å². The Bertz CT molecular complexity index is 589. The molecule has 0 aliphatic heterocycles. The van der Waals surface area contributed by atoms with Gasteiger partial charge in [-0.2, -0.15) is 4.98 Å². The Morgan fingerprint density at radius 3 is 2.32 bits per heavy atom. The summed E-state index contributed by atoms with van der Waals surface area (Å²) in [5.74, 6) is 6.45. The summed E-state index contributed by atoms with van der Waals surface area (Å²) in [5.41, 5.74) is 6.73. The first kappa shape index (κ1) is 13.8. The van der Waals surface area contributed by atoms with Gasteiger partial charge in [0.15, 0.2) is 0 Å². The van der Waals surface area contributed by atoms with Gasteiger partial charge in [0.2, 0.25) is 5.95 Å². The van der Waals surface area contributed by atoms with Gasteiger partial charge in [-0.25, -0.2) is 10.8 Å². The van der Waals surface area contributed by atoms with E-state index < -0.39 is 0 Å². The molecule has 100 valence electrons. The van der Waals surface area contributed by atoms with Gasteiger partial charge in [-0.05, 0) is 44.0 Å². The van der Waals surface area contributed by atoms with Crippen molar-refractivity contribution in [1.29, 1.82) is 0 Å². The molecule has 0 aliphatic carbocycles. The molecule has 4 N–H and O–H groups in total. The van der Waals surface area contributed by atoms with Gasteiger partial charge in [0.1, 0.15) is 5.82 Å². The third kappa shape index (κ3) is 3.02. The first-order chi connectivity index (χ1) is 9.01. The number of halogens is 1. The molecule has 0 amide bonds. The van der Waals surface area contributed by atoms with Crippen molar-refractivity contribution < 1.29 is 0 Å². The maximum atomic E-state index is 5.32. The Kier molecular flexibility index (Phi) is 4.01. The molecule has 0 radical (unpaired) electrons. The molecule has 0 aliphatic rings. The van der Waals surface area contributed by atoms with Gasteiger partial charge in [-0.1, -0.05) is 15.9 Å². The highest BCUT2D eigenvalue weighted by Gasteiger charge is 2.06. The summed E-state index contributed by atoms with van der Waals surface area (Å²) in [6.07, 6.45) is 1.73. The van der Waals surface area contributed by atoms with Gasteiger partial charge >= 0.3 is 0 Å². The second-order valence-electron chi connectivity index (χ2n) is 4.42. The molecule has 19 heavy (non-hydrogen) atoms. The van der Waals surface area contributed by atoms with Crippen LogP contribution in [0.25, 0.3) is 0 Å². The quantitative estimate of drug-likeness (QED) is 0.598. The zero-order chi connectivity index (χ0) is 14.0. The van der Waals surface area contributed by atoms with Crippen LogP contribution in [0.3, 0.4) is 0 Å². The lowest BCUT2D eigenvalue weighted by Gasteiger charge is -2.12. The average molecular weight is 322 g/mol. The SMILES string of the molecule is Cc1cnc(NN)nc1Nc1cc(C)c(Br)c(C)c1. The number of hydrogen-bond acceptors (Lipinski definition) is 5. The fourth-order valence-electron chi connectivity index (χ4n) is 1.79. The third-order valence-electron chi connectivity index (χ3n) is 2.80. The lowest BCUT2D eigenvalue weighted by atomic mass is 10.1. The highest BCUT2D eigenvalue weighted by atomic mass is 79.9. The molecule has 0 fully saturated rings. The molecule has 0 saturated carbocycles. The molecule has 0 spiro atoms. The zero-order valence-corrected chi connectivity index (χ0v) is 12.7. The van der Waals surface area contributed by atoms with E-state index in [1.807, 2.05) is 6.92 Å². The van der Waals surface area contributed by atoms with E-state index in [1.54, 1.807) is 6.20 Å². The number of rotatable bonds is 3. The van der Waals surface area contributed by atoms with E-state index >= 15 is 0 Å². The molecule has 0 bridgehead atoms. The molecule has 0 atom stereocenters. The monoisotopic (exact) mass is 321 g/mol. The summed E-state index contributed by atoms with van der Waals surface area (Å²) in [6, 6.07) is 4.13. The smallest absolute Gasteiger partial charge is 0.239 e. The van der Waals surface area contributed by atoms with Crippen LogP contribution < -0.4 is 16.6 Å². The van der Waals surface area contributed by atoms with Gasteiger partial charge in [-0.15, -0.1) is 0 Å². The topological polar surface area (TPSA) is 75.9 Å². The standard InChI is InChI=1S/C13H16BrN5/c1-7-4-10(5-8(2)11(7)14)17-12-9(3)6-16-13(18-12)19-15/h4-6H,15H2,1-3H3,(H2,16,17,18,19). The fourth-order valence-corrected chi connectivity index (χ4v) is 2.02. The average Bonchev–Trinajstić information content (AvgIpc) is 2.38. The predicted octanol–water partition coefficient (Wildman–Crippen LogP) is 3.19. The Balaban J connectivity index is 2.36. The maximum Gasteiger partial charge on any atom is 0.239 e. The largest absolute Gasteiger partial charge is 0.340 e. The normalized spacial score (nSPS) is 10.4. The molecule has 0 saturated heterocycles. The van der Waals surface area contributed by atoms with Crippen molar-refractivity contribution in [1.82, 2.24) is 9.97 Å². The number of hydrazine groups is 1. The van der Waals surface area contributed by atoms with E-state index in [4.69, 9.17) is 5.84 Å². The summed E-state index contributed by atoms with van der Waals surface area (Å²) in [7, 11) is 0. The number of anilines is 3. The lowest BCUT2D eigenvalue weighted by Crippen LogP contribution is -2.11. The molecule has 1 heterocycles. The third-order valence-corrected chi connectivity index (χ3v) is 4.05. The first-order valence-electron chi connectivity index (χ1n) is 5.85. The Hall–Kier alpha value is -1.66. The molecule has 2 rings (SSSR count). The number of nitrogens with one attached hydrogen (secondary N) is 2. The van der Waals surface area contributed by atoms with Crippen LogP contribution in [-0.2, 0) is 0 Å². The summed E-state index contributed by atoms with van der Waals surface area (Å²) in [5, 5.41) is 3.29. The van der Waals surface area contributed by atoms with Gasteiger partial charge in [0.05, 0.1) is 0 Å². The lowest BCUT2D eigenvalue weighted by molar-refractivity contribution is 1.09. The highest BCUT2D eigenvalue weighted by molar-refractivity contribution is 9.10. The maximum absolute atomic E-state index is 5.32. The number of aryl methyl sites for hydroxylation is 3. The minimum Gasteiger partial charge on any atom is -0.340 e. The van der Waals surface area contributed by atoms with Crippen molar-refractivity contribution >= 4 is 33.4 Å².